The van der Waals surface area contributed by atoms with E-state index in [4.69, 9.17) is 0 Å². The van der Waals surface area contributed by atoms with Crippen LogP contribution >= 0.6 is 23.5 Å². The summed E-state index contributed by atoms with van der Waals surface area (Å²) in [5.74, 6) is -15.6. The summed E-state index contributed by atoms with van der Waals surface area (Å²) in [7, 11) is -5.44. The number of thioether (sulfide) groups is 2. The van der Waals surface area contributed by atoms with E-state index in [1.165, 1.54) is 23.5 Å². The van der Waals surface area contributed by atoms with Gasteiger partial charge in [-0.15, -0.1) is 23.5 Å². The SMILES string of the molecule is C[Si](C)(C)C12SC(c3ccccc3)=CC1=C1C(=C3C=C(c4ccccc4)SC32[Si](C)(C)C)C(F)(F)C(F)(F)C1(F)F. The second-order valence-electron chi connectivity index (χ2n) is 13.1. The largest absolute Gasteiger partial charge is 0.380 e. The Morgan fingerprint density at radius 3 is 1.12 bits per heavy atom. The maximum Gasteiger partial charge on any atom is 0.380 e. The predicted molar refractivity (Wildman–Crippen MR) is 165 cm³/mol. The Kier molecular flexibility index (Phi) is 6.13. The van der Waals surface area contributed by atoms with Crippen molar-refractivity contribution in [1.82, 2.24) is 0 Å². The average Bonchev–Trinajstić information content (AvgIpc) is 3.52. The summed E-state index contributed by atoms with van der Waals surface area (Å²) < 4.78 is 92.6. The summed E-state index contributed by atoms with van der Waals surface area (Å²) in [5, 5.41) is 0. The van der Waals surface area contributed by atoms with Gasteiger partial charge in [0.1, 0.15) is 0 Å². The molecule has 2 heterocycles. The van der Waals surface area contributed by atoms with E-state index in [0.717, 1.165) is 11.1 Å². The molecule has 2 aliphatic heterocycles. The van der Waals surface area contributed by atoms with Crippen LogP contribution in [0.5, 0.6) is 0 Å². The van der Waals surface area contributed by atoms with Crippen LogP contribution < -0.4 is 0 Å². The minimum absolute atomic E-state index is 0.0289. The van der Waals surface area contributed by atoms with Gasteiger partial charge in [-0.05, 0) is 34.4 Å². The molecule has 0 bridgehead atoms. The zero-order chi connectivity index (χ0) is 30.0. The molecule has 216 valence electrons. The standard InChI is InChI=1S/C31H30F6S2Si2/c1-40(2,3)29-21(17-23(38-29)19-13-9-7-10-14-19)25-26(28(34,35)31(36,37)27(25,32)33)22-18-24(20-15-11-8-12-16-20)39-30(22,29)41(4,5)6/h7-18H,1-6H3. The molecule has 0 N–H and O–H groups in total. The minimum atomic E-state index is -5.56. The summed E-state index contributed by atoms with van der Waals surface area (Å²) in [6.07, 6.45) is 3.08. The Hall–Kier alpha value is -1.89. The lowest BCUT2D eigenvalue weighted by atomic mass is 9.83. The maximum absolute atomic E-state index is 16.0. The zero-order valence-electron chi connectivity index (χ0n) is 23.5. The van der Waals surface area contributed by atoms with Crippen LogP contribution in [0.2, 0.25) is 39.3 Å². The van der Waals surface area contributed by atoms with Gasteiger partial charge in [0.2, 0.25) is 0 Å². The molecule has 2 atom stereocenters. The van der Waals surface area contributed by atoms with Crippen LogP contribution in [0.4, 0.5) is 26.3 Å². The van der Waals surface area contributed by atoms with Gasteiger partial charge >= 0.3 is 17.8 Å². The van der Waals surface area contributed by atoms with Crippen molar-refractivity contribution in [2.45, 2.75) is 65.8 Å². The predicted octanol–water partition coefficient (Wildman–Crippen LogP) is 10.3. The topological polar surface area (TPSA) is 0 Å². The molecular formula is C31H30F6S2Si2. The molecule has 2 aromatic rings. The fraction of sp³-hybridized carbons (Fsp3) is 0.355. The van der Waals surface area contributed by atoms with E-state index >= 15 is 26.3 Å². The summed E-state index contributed by atoms with van der Waals surface area (Å²) in [4.78, 5) is 1.30. The zero-order valence-corrected chi connectivity index (χ0v) is 27.1. The number of hydrogen-bond acceptors (Lipinski definition) is 2. The molecule has 4 aliphatic rings. The van der Waals surface area contributed by atoms with E-state index in [2.05, 4.69) is 39.3 Å². The number of rotatable bonds is 4. The van der Waals surface area contributed by atoms with E-state index in [1.54, 1.807) is 12.2 Å². The minimum Gasteiger partial charge on any atom is -0.194 e. The molecule has 0 spiro atoms. The van der Waals surface area contributed by atoms with Gasteiger partial charge in [0.25, 0.3) is 0 Å². The molecule has 0 radical (unpaired) electrons. The number of benzene rings is 2. The van der Waals surface area contributed by atoms with Crippen molar-refractivity contribution in [2.75, 3.05) is 0 Å². The molecular weight excluding hydrogens is 607 g/mol. The van der Waals surface area contributed by atoms with Gasteiger partial charge in [-0.2, -0.15) is 26.3 Å². The molecule has 10 heteroatoms. The molecule has 2 unspecified atom stereocenters. The Balaban J connectivity index is 1.82. The van der Waals surface area contributed by atoms with Crippen LogP contribution in [0.15, 0.2) is 95.1 Å². The maximum atomic E-state index is 16.0. The van der Waals surface area contributed by atoms with Crippen LogP contribution in [-0.4, -0.2) is 42.7 Å². The molecule has 2 aromatic carbocycles. The lowest BCUT2D eigenvalue weighted by molar-refractivity contribution is -0.258. The molecule has 2 aliphatic carbocycles. The fourth-order valence-electron chi connectivity index (χ4n) is 7.08. The lowest BCUT2D eigenvalue weighted by Crippen LogP contribution is -2.73. The summed E-state index contributed by atoms with van der Waals surface area (Å²) in [6.45, 7) is 12.3. The van der Waals surface area contributed by atoms with Crippen LogP contribution in [0.3, 0.4) is 0 Å². The Morgan fingerprint density at radius 1 is 0.512 bits per heavy atom. The lowest BCUT2D eigenvalue weighted by Gasteiger charge is -2.61. The van der Waals surface area contributed by atoms with E-state index in [1.807, 2.05) is 60.7 Å². The highest BCUT2D eigenvalue weighted by molar-refractivity contribution is 8.16. The van der Waals surface area contributed by atoms with E-state index in [0.29, 0.717) is 9.81 Å². The third-order valence-electron chi connectivity index (χ3n) is 8.77. The first-order chi connectivity index (χ1) is 18.9. The van der Waals surface area contributed by atoms with Crippen LogP contribution in [0.25, 0.3) is 9.81 Å². The fourth-order valence-corrected chi connectivity index (χ4v) is 21.8. The van der Waals surface area contributed by atoms with Gasteiger partial charge in [0, 0.05) is 21.0 Å². The molecule has 0 saturated heterocycles. The third-order valence-corrected chi connectivity index (χ3v) is 22.1. The number of halogens is 6. The molecule has 1 saturated carbocycles. The highest BCUT2D eigenvalue weighted by atomic mass is 32.2. The van der Waals surface area contributed by atoms with Gasteiger partial charge in [0.15, 0.2) is 0 Å². The van der Waals surface area contributed by atoms with E-state index in [-0.39, 0.29) is 11.1 Å². The summed E-state index contributed by atoms with van der Waals surface area (Å²) >= 11 is 2.88. The van der Waals surface area contributed by atoms with Crippen LogP contribution in [-0.2, 0) is 0 Å². The van der Waals surface area contributed by atoms with Crippen LogP contribution in [0, 0.1) is 0 Å². The Labute approximate surface area is 247 Å². The van der Waals surface area contributed by atoms with Crippen molar-refractivity contribution in [2.24, 2.45) is 0 Å². The molecule has 41 heavy (non-hydrogen) atoms. The van der Waals surface area contributed by atoms with Gasteiger partial charge in [-0.3, -0.25) is 0 Å². The van der Waals surface area contributed by atoms with Crippen molar-refractivity contribution in [1.29, 1.82) is 0 Å². The van der Waals surface area contributed by atoms with Gasteiger partial charge in [-0.1, -0.05) is 99.9 Å². The number of hydrogen-bond donors (Lipinski definition) is 0. The molecule has 0 amide bonds. The number of allylic oxidation sites excluding steroid dienone is 4. The van der Waals surface area contributed by atoms with Crippen molar-refractivity contribution in [3.05, 3.63) is 106 Å². The van der Waals surface area contributed by atoms with E-state index in [9.17, 15) is 0 Å². The second-order valence-corrected chi connectivity index (χ2v) is 26.9. The highest BCUT2D eigenvalue weighted by Crippen LogP contribution is 2.78. The third kappa shape index (κ3) is 3.39. The quantitative estimate of drug-likeness (QED) is 0.242. The first kappa shape index (κ1) is 29.2. The summed E-state index contributed by atoms with van der Waals surface area (Å²) in [6, 6.07) is 18.4. The van der Waals surface area contributed by atoms with Crippen LogP contribution in [0.1, 0.15) is 11.1 Å². The molecule has 6 rings (SSSR count). The average molecular weight is 637 g/mol. The Bertz CT molecular complexity index is 1460. The molecule has 1 fully saturated rings. The number of alkyl halides is 6. The van der Waals surface area contributed by atoms with Gasteiger partial charge in [-0.25, -0.2) is 0 Å². The van der Waals surface area contributed by atoms with Crippen molar-refractivity contribution in [3.8, 4) is 0 Å². The van der Waals surface area contributed by atoms with Crippen molar-refractivity contribution < 1.29 is 26.3 Å². The van der Waals surface area contributed by atoms with Crippen molar-refractivity contribution in [3.63, 3.8) is 0 Å². The second kappa shape index (κ2) is 8.60. The van der Waals surface area contributed by atoms with Gasteiger partial charge in [0.05, 0.1) is 24.9 Å². The normalized spacial score (nSPS) is 29.7. The van der Waals surface area contributed by atoms with Crippen molar-refractivity contribution >= 4 is 49.5 Å². The highest BCUT2D eigenvalue weighted by Gasteiger charge is 2.86. The smallest absolute Gasteiger partial charge is 0.194 e. The van der Waals surface area contributed by atoms with E-state index < -0.39 is 53.8 Å². The summed E-state index contributed by atoms with van der Waals surface area (Å²) in [5.41, 5.74) is -0.875. The molecule has 0 nitrogen and oxygen atoms in total. The monoisotopic (exact) mass is 636 g/mol. The Morgan fingerprint density at radius 2 is 0.829 bits per heavy atom. The van der Waals surface area contributed by atoms with Gasteiger partial charge < -0.3 is 0 Å². The first-order valence-corrected chi connectivity index (χ1v) is 22.1. The number of fused-ring (bicyclic) bond motifs is 4. The first-order valence-electron chi connectivity index (χ1n) is 13.4. The molecule has 0 aromatic heterocycles.